The van der Waals surface area contributed by atoms with Crippen molar-refractivity contribution in [3.63, 3.8) is 0 Å². The third kappa shape index (κ3) is 1.41. The first kappa shape index (κ1) is 8.85. The van der Waals surface area contributed by atoms with Crippen molar-refractivity contribution in [2.24, 2.45) is 18.1 Å². The molecule has 2 unspecified atom stereocenters. The summed E-state index contributed by atoms with van der Waals surface area (Å²) in [5.74, 6) is 0.312. The molecule has 2 atom stereocenters. The SMILES string of the molecule is C[n+]1cccc(C2=NOC3COCC23)c1. The van der Waals surface area contributed by atoms with Crippen molar-refractivity contribution in [1.29, 1.82) is 0 Å². The molecule has 3 heterocycles. The van der Waals surface area contributed by atoms with Gasteiger partial charge in [-0.05, 0) is 6.07 Å². The van der Waals surface area contributed by atoms with Gasteiger partial charge in [-0.15, -0.1) is 0 Å². The number of nitrogens with zero attached hydrogens (tertiary/aromatic N) is 2. The third-order valence-corrected chi connectivity index (χ3v) is 2.90. The molecule has 15 heavy (non-hydrogen) atoms. The first-order valence-electron chi connectivity index (χ1n) is 5.12. The van der Waals surface area contributed by atoms with Crippen LogP contribution >= 0.6 is 0 Å². The van der Waals surface area contributed by atoms with E-state index in [1.165, 1.54) is 0 Å². The molecule has 4 nitrogen and oxygen atoms in total. The van der Waals surface area contributed by atoms with Gasteiger partial charge >= 0.3 is 0 Å². The van der Waals surface area contributed by atoms with Crippen molar-refractivity contribution in [3.8, 4) is 0 Å². The molecule has 0 spiro atoms. The van der Waals surface area contributed by atoms with E-state index < -0.39 is 0 Å². The Bertz CT molecular complexity index is 417. The summed E-state index contributed by atoms with van der Waals surface area (Å²) in [6.45, 7) is 1.39. The molecule has 0 amide bonds. The largest absolute Gasteiger partial charge is 0.389 e. The Labute approximate surface area is 88.1 Å². The maximum atomic E-state index is 5.38. The van der Waals surface area contributed by atoms with Gasteiger partial charge in [-0.25, -0.2) is 4.57 Å². The molecular formula is C11H13N2O2+. The van der Waals surface area contributed by atoms with Crippen LogP contribution in [0.1, 0.15) is 5.56 Å². The molecular weight excluding hydrogens is 192 g/mol. The standard InChI is InChI=1S/C11H13N2O2/c1-13-4-2-3-8(5-13)11-9-6-14-7-10(9)15-12-11/h2-5,9-10H,6-7H2,1H3/q+1. The van der Waals surface area contributed by atoms with E-state index in [0.717, 1.165) is 17.9 Å². The smallest absolute Gasteiger partial charge is 0.177 e. The van der Waals surface area contributed by atoms with Gasteiger partial charge in [0.25, 0.3) is 0 Å². The molecule has 1 aromatic rings. The van der Waals surface area contributed by atoms with Crippen LogP contribution in [0.15, 0.2) is 29.7 Å². The highest BCUT2D eigenvalue weighted by Crippen LogP contribution is 2.27. The second-order valence-corrected chi connectivity index (χ2v) is 4.02. The van der Waals surface area contributed by atoms with Gasteiger partial charge in [0.05, 0.1) is 24.7 Å². The van der Waals surface area contributed by atoms with Crippen LogP contribution in [0.5, 0.6) is 0 Å². The van der Waals surface area contributed by atoms with Crippen LogP contribution in [0.2, 0.25) is 0 Å². The van der Waals surface area contributed by atoms with Crippen LogP contribution < -0.4 is 4.57 Å². The Kier molecular flexibility index (Phi) is 1.95. The molecule has 1 saturated heterocycles. The summed E-state index contributed by atoms with van der Waals surface area (Å²) >= 11 is 0. The fraction of sp³-hybridized carbons (Fsp3) is 0.455. The van der Waals surface area contributed by atoms with Gasteiger partial charge < -0.3 is 9.57 Å². The van der Waals surface area contributed by atoms with Gasteiger partial charge in [0.1, 0.15) is 12.8 Å². The first-order valence-corrected chi connectivity index (χ1v) is 5.12. The average Bonchev–Trinajstić information content (AvgIpc) is 2.77. The molecule has 4 heteroatoms. The highest BCUT2D eigenvalue weighted by atomic mass is 16.7. The summed E-state index contributed by atoms with van der Waals surface area (Å²) in [5, 5.41) is 4.15. The average molecular weight is 205 g/mol. The number of hydrogen-bond acceptors (Lipinski definition) is 3. The van der Waals surface area contributed by atoms with Gasteiger partial charge in [-0.2, -0.15) is 0 Å². The Hall–Kier alpha value is -1.42. The predicted molar refractivity (Wildman–Crippen MR) is 53.3 cm³/mol. The summed E-state index contributed by atoms with van der Waals surface area (Å²) in [6.07, 6.45) is 4.19. The van der Waals surface area contributed by atoms with Gasteiger partial charge in [-0.3, -0.25) is 0 Å². The first-order chi connectivity index (χ1) is 7.34. The molecule has 0 bridgehead atoms. The zero-order chi connectivity index (χ0) is 10.3. The predicted octanol–water partition coefficient (Wildman–Crippen LogP) is 0.260. The lowest BCUT2D eigenvalue weighted by Crippen LogP contribution is -2.29. The summed E-state index contributed by atoms with van der Waals surface area (Å²) in [6, 6.07) is 4.07. The van der Waals surface area contributed by atoms with Crippen molar-refractivity contribution in [1.82, 2.24) is 0 Å². The number of aromatic nitrogens is 1. The zero-order valence-corrected chi connectivity index (χ0v) is 8.59. The van der Waals surface area contributed by atoms with Crippen LogP contribution in [0.3, 0.4) is 0 Å². The summed E-state index contributed by atoms with van der Waals surface area (Å²) in [4.78, 5) is 5.34. The third-order valence-electron chi connectivity index (χ3n) is 2.90. The number of hydrogen-bond donors (Lipinski definition) is 0. The van der Waals surface area contributed by atoms with Crippen molar-refractivity contribution in [2.75, 3.05) is 13.2 Å². The van der Waals surface area contributed by atoms with Gasteiger partial charge in [0.2, 0.25) is 0 Å². The molecule has 3 rings (SSSR count). The lowest BCUT2D eigenvalue weighted by atomic mass is 9.96. The van der Waals surface area contributed by atoms with Crippen LogP contribution in [0, 0.1) is 5.92 Å². The zero-order valence-electron chi connectivity index (χ0n) is 8.59. The van der Waals surface area contributed by atoms with Crippen molar-refractivity contribution in [2.45, 2.75) is 6.10 Å². The molecule has 0 radical (unpaired) electrons. The lowest BCUT2D eigenvalue weighted by molar-refractivity contribution is -0.671. The number of aryl methyl sites for hydroxylation is 1. The molecule has 2 aliphatic heterocycles. The molecule has 0 N–H and O–H groups in total. The Morgan fingerprint density at radius 2 is 2.40 bits per heavy atom. The second kappa shape index (κ2) is 3.31. The molecule has 78 valence electrons. The summed E-state index contributed by atoms with van der Waals surface area (Å²) in [7, 11) is 2.00. The van der Waals surface area contributed by atoms with E-state index in [0.29, 0.717) is 12.5 Å². The van der Waals surface area contributed by atoms with E-state index in [2.05, 4.69) is 17.4 Å². The van der Waals surface area contributed by atoms with Crippen LogP contribution in [-0.4, -0.2) is 25.0 Å². The quantitative estimate of drug-likeness (QED) is 0.616. The maximum absolute atomic E-state index is 5.38. The fourth-order valence-corrected chi connectivity index (χ4v) is 2.09. The minimum absolute atomic E-state index is 0.130. The highest BCUT2D eigenvalue weighted by Gasteiger charge is 2.40. The Morgan fingerprint density at radius 1 is 1.47 bits per heavy atom. The van der Waals surface area contributed by atoms with Crippen LogP contribution in [0.25, 0.3) is 0 Å². The van der Waals surface area contributed by atoms with E-state index in [4.69, 9.17) is 9.57 Å². The molecule has 1 aromatic heterocycles. The number of rotatable bonds is 1. The fourth-order valence-electron chi connectivity index (χ4n) is 2.09. The van der Waals surface area contributed by atoms with Crippen molar-refractivity contribution < 1.29 is 14.1 Å². The van der Waals surface area contributed by atoms with E-state index in [-0.39, 0.29) is 6.10 Å². The van der Waals surface area contributed by atoms with Crippen LogP contribution in [-0.2, 0) is 16.6 Å². The lowest BCUT2D eigenvalue weighted by Gasteiger charge is -2.05. The Balaban J connectivity index is 1.94. The maximum Gasteiger partial charge on any atom is 0.177 e. The monoisotopic (exact) mass is 205 g/mol. The number of fused-ring (bicyclic) bond motifs is 1. The summed E-state index contributed by atoms with van der Waals surface area (Å²) < 4.78 is 7.40. The molecule has 1 fully saturated rings. The van der Waals surface area contributed by atoms with Crippen LogP contribution in [0.4, 0.5) is 0 Å². The van der Waals surface area contributed by atoms with Crippen molar-refractivity contribution in [3.05, 3.63) is 30.1 Å². The highest BCUT2D eigenvalue weighted by molar-refractivity contribution is 6.02. The molecule has 0 saturated carbocycles. The number of pyridine rings is 1. The van der Waals surface area contributed by atoms with E-state index in [1.807, 2.05) is 23.9 Å². The summed E-state index contributed by atoms with van der Waals surface area (Å²) in [5.41, 5.74) is 2.15. The van der Waals surface area contributed by atoms with E-state index in [9.17, 15) is 0 Å². The minimum atomic E-state index is 0.130. The molecule has 0 aromatic carbocycles. The van der Waals surface area contributed by atoms with Crippen molar-refractivity contribution >= 4 is 5.71 Å². The second-order valence-electron chi connectivity index (χ2n) is 4.02. The van der Waals surface area contributed by atoms with E-state index in [1.54, 1.807) is 0 Å². The van der Waals surface area contributed by atoms with Gasteiger partial charge in [-0.1, -0.05) is 5.16 Å². The molecule has 2 aliphatic rings. The van der Waals surface area contributed by atoms with Gasteiger partial charge in [0, 0.05) is 6.07 Å². The number of ether oxygens (including phenoxy) is 1. The Morgan fingerprint density at radius 3 is 3.27 bits per heavy atom. The topological polar surface area (TPSA) is 34.7 Å². The minimum Gasteiger partial charge on any atom is -0.389 e. The molecule has 0 aliphatic carbocycles. The normalized spacial score (nSPS) is 28.5. The van der Waals surface area contributed by atoms with Gasteiger partial charge in [0.15, 0.2) is 18.5 Å². The van der Waals surface area contributed by atoms with E-state index >= 15 is 0 Å². The number of oxime groups is 1.